The van der Waals surface area contributed by atoms with Crippen LogP contribution in [0.2, 0.25) is 0 Å². The normalized spacial score (nSPS) is 11.9. The van der Waals surface area contributed by atoms with Crippen molar-refractivity contribution in [2.24, 2.45) is 0 Å². The third kappa shape index (κ3) is 4.43. The molecule has 0 aliphatic carbocycles. The molecule has 0 spiro atoms. The van der Waals surface area contributed by atoms with Crippen LogP contribution < -0.4 is 5.32 Å². The van der Waals surface area contributed by atoms with Crippen LogP contribution in [0, 0.1) is 20.8 Å². The molecule has 0 atom stereocenters. The van der Waals surface area contributed by atoms with E-state index in [9.17, 15) is 0 Å². The van der Waals surface area contributed by atoms with Gasteiger partial charge < -0.3 is 5.32 Å². The Balaban J connectivity index is 2.10. The molecule has 0 bridgehead atoms. The predicted octanol–water partition coefficient (Wildman–Crippen LogP) is 3.74. The summed E-state index contributed by atoms with van der Waals surface area (Å²) in [6, 6.07) is 6.58. The second kappa shape index (κ2) is 6.02. The zero-order valence-electron chi connectivity index (χ0n) is 14.1. The van der Waals surface area contributed by atoms with E-state index in [4.69, 9.17) is 0 Å². The Kier molecular flexibility index (Phi) is 4.52. The van der Waals surface area contributed by atoms with E-state index < -0.39 is 0 Å². The van der Waals surface area contributed by atoms with Gasteiger partial charge in [0.2, 0.25) is 0 Å². The van der Waals surface area contributed by atoms with E-state index in [2.05, 4.69) is 76.4 Å². The molecule has 0 aliphatic rings. The zero-order valence-corrected chi connectivity index (χ0v) is 14.1. The molecule has 0 saturated heterocycles. The molecular weight excluding hydrogens is 258 g/mol. The summed E-state index contributed by atoms with van der Waals surface area (Å²) in [5.41, 5.74) is 6.60. The maximum absolute atomic E-state index is 4.67. The highest BCUT2D eigenvalue weighted by Gasteiger charge is 2.10. The molecule has 3 nitrogen and oxygen atoms in total. The van der Waals surface area contributed by atoms with Crippen LogP contribution in [0.5, 0.6) is 0 Å². The van der Waals surface area contributed by atoms with Gasteiger partial charge in [-0.1, -0.05) is 17.7 Å². The molecule has 2 aromatic rings. The minimum absolute atomic E-state index is 0.119. The van der Waals surface area contributed by atoms with Gasteiger partial charge in [-0.25, -0.2) is 0 Å². The topological polar surface area (TPSA) is 29.9 Å². The van der Waals surface area contributed by atoms with Gasteiger partial charge in [0, 0.05) is 18.3 Å². The summed E-state index contributed by atoms with van der Waals surface area (Å²) >= 11 is 0. The first-order valence-electron chi connectivity index (χ1n) is 7.59. The predicted molar refractivity (Wildman–Crippen MR) is 88.6 cm³/mol. The summed E-state index contributed by atoms with van der Waals surface area (Å²) in [7, 11) is 0. The monoisotopic (exact) mass is 285 g/mol. The molecule has 1 aromatic heterocycles. The third-order valence-corrected chi connectivity index (χ3v) is 3.66. The van der Waals surface area contributed by atoms with Crippen LogP contribution in [0.1, 0.15) is 48.7 Å². The smallest absolute Gasteiger partial charge is 0.0762 e. The molecule has 0 radical (unpaired) electrons. The van der Waals surface area contributed by atoms with E-state index >= 15 is 0 Å². The highest BCUT2D eigenvalue weighted by molar-refractivity contribution is 5.37. The summed E-state index contributed by atoms with van der Waals surface area (Å²) < 4.78 is 2.03. The molecule has 1 heterocycles. The van der Waals surface area contributed by atoms with Gasteiger partial charge in [-0.3, -0.25) is 4.68 Å². The summed E-state index contributed by atoms with van der Waals surface area (Å²) in [5.74, 6) is 0. The standard InChI is InChI=1S/C18H27N3/c1-13-9-14(2)17(15(3)10-13)12-21-8-7-16(20-21)11-19-18(4,5)6/h7-10,19H,11-12H2,1-6H3. The Bertz CT molecular complexity index is 595. The van der Waals surface area contributed by atoms with Crippen molar-refractivity contribution < 1.29 is 0 Å². The van der Waals surface area contributed by atoms with Crippen molar-refractivity contribution in [1.29, 1.82) is 0 Å². The van der Waals surface area contributed by atoms with Crippen molar-refractivity contribution in [2.45, 2.75) is 60.2 Å². The molecule has 21 heavy (non-hydrogen) atoms. The average molecular weight is 285 g/mol. The first-order chi connectivity index (χ1) is 9.74. The maximum atomic E-state index is 4.67. The van der Waals surface area contributed by atoms with Gasteiger partial charge in [0.15, 0.2) is 0 Å². The molecule has 1 aromatic carbocycles. The average Bonchev–Trinajstić information content (AvgIpc) is 2.78. The van der Waals surface area contributed by atoms with E-state index in [0.717, 1.165) is 18.8 Å². The Morgan fingerprint density at radius 1 is 1.10 bits per heavy atom. The first kappa shape index (κ1) is 15.8. The summed E-state index contributed by atoms with van der Waals surface area (Å²) in [4.78, 5) is 0. The second-order valence-electron chi connectivity index (χ2n) is 6.99. The molecular formula is C18H27N3. The van der Waals surface area contributed by atoms with Gasteiger partial charge in [0.1, 0.15) is 0 Å². The fourth-order valence-electron chi connectivity index (χ4n) is 2.56. The molecule has 2 rings (SSSR count). The number of nitrogens with one attached hydrogen (secondary N) is 1. The van der Waals surface area contributed by atoms with Gasteiger partial charge >= 0.3 is 0 Å². The van der Waals surface area contributed by atoms with Crippen molar-refractivity contribution in [3.8, 4) is 0 Å². The third-order valence-electron chi connectivity index (χ3n) is 3.66. The lowest BCUT2D eigenvalue weighted by Gasteiger charge is -2.19. The van der Waals surface area contributed by atoms with Crippen LogP contribution in [0.4, 0.5) is 0 Å². The highest BCUT2D eigenvalue weighted by Crippen LogP contribution is 2.17. The Hall–Kier alpha value is -1.61. The first-order valence-corrected chi connectivity index (χ1v) is 7.59. The van der Waals surface area contributed by atoms with Crippen molar-refractivity contribution in [3.05, 3.63) is 52.3 Å². The molecule has 0 amide bonds. The number of aromatic nitrogens is 2. The summed E-state index contributed by atoms with van der Waals surface area (Å²) in [6.07, 6.45) is 2.07. The van der Waals surface area contributed by atoms with Crippen LogP contribution in [-0.2, 0) is 13.1 Å². The van der Waals surface area contributed by atoms with Crippen molar-refractivity contribution in [1.82, 2.24) is 15.1 Å². The molecule has 114 valence electrons. The summed E-state index contributed by atoms with van der Waals surface area (Å²) in [6.45, 7) is 14.7. The van der Waals surface area contributed by atoms with Crippen molar-refractivity contribution >= 4 is 0 Å². The van der Waals surface area contributed by atoms with E-state index in [-0.39, 0.29) is 5.54 Å². The molecule has 0 fully saturated rings. The van der Waals surface area contributed by atoms with Crippen LogP contribution in [0.15, 0.2) is 24.4 Å². The van der Waals surface area contributed by atoms with Crippen molar-refractivity contribution in [3.63, 3.8) is 0 Å². The van der Waals surface area contributed by atoms with Gasteiger partial charge in [-0.05, 0) is 64.3 Å². The lowest BCUT2D eigenvalue weighted by Crippen LogP contribution is -2.35. The summed E-state index contributed by atoms with van der Waals surface area (Å²) in [5, 5.41) is 8.14. The van der Waals surface area contributed by atoms with Crippen molar-refractivity contribution in [2.75, 3.05) is 0 Å². The number of hydrogen-bond donors (Lipinski definition) is 1. The highest BCUT2D eigenvalue weighted by atomic mass is 15.3. The lowest BCUT2D eigenvalue weighted by molar-refractivity contribution is 0.419. The number of hydrogen-bond acceptors (Lipinski definition) is 2. The molecule has 0 saturated carbocycles. The van der Waals surface area contributed by atoms with Crippen LogP contribution in [0.25, 0.3) is 0 Å². The van der Waals surface area contributed by atoms with E-state index in [0.29, 0.717) is 0 Å². The maximum Gasteiger partial charge on any atom is 0.0762 e. The second-order valence-corrected chi connectivity index (χ2v) is 6.99. The number of nitrogens with zero attached hydrogens (tertiary/aromatic N) is 2. The van der Waals surface area contributed by atoms with Gasteiger partial charge in [0.05, 0.1) is 12.2 Å². The van der Waals surface area contributed by atoms with Crippen LogP contribution >= 0.6 is 0 Å². The van der Waals surface area contributed by atoms with E-state index in [1.807, 2.05) is 4.68 Å². The van der Waals surface area contributed by atoms with Gasteiger partial charge in [-0.2, -0.15) is 5.10 Å². The Morgan fingerprint density at radius 3 is 2.29 bits per heavy atom. The largest absolute Gasteiger partial charge is 0.306 e. The van der Waals surface area contributed by atoms with Crippen LogP contribution in [0.3, 0.4) is 0 Å². The minimum atomic E-state index is 0.119. The molecule has 0 unspecified atom stereocenters. The van der Waals surface area contributed by atoms with E-state index in [1.165, 1.54) is 22.3 Å². The fraction of sp³-hybridized carbons (Fsp3) is 0.500. The lowest BCUT2D eigenvalue weighted by atomic mass is 10.00. The van der Waals surface area contributed by atoms with E-state index in [1.54, 1.807) is 0 Å². The number of rotatable bonds is 4. The van der Waals surface area contributed by atoms with Crippen LogP contribution in [-0.4, -0.2) is 15.3 Å². The minimum Gasteiger partial charge on any atom is -0.306 e. The van der Waals surface area contributed by atoms with Gasteiger partial charge in [-0.15, -0.1) is 0 Å². The quantitative estimate of drug-likeness (QED) is 0.927. The Labute approximate surface area is 128 Å². The number of benzene rings is 1. The number of aryl methyl sites for hydroxylation is 3. The molecule has 1 N–H and O–H groups in total. The SMILES string of the molecule is Cc1cc(C)c(Cn2ccc(CNC(C)(C)C)n2)c(C)c1. The fourth-order valence-corrected chi connectivity index (χ4v) is 2.56. The zero-order chi connectivity index (χ0) is 15.6. The Morgan fingerprint density at radius 2 is 1.71 bits per heavy atom. The molecule has 0 aliphatic heterocycles. The molecule has 3 heteroatoms. The van der Waals surface area contributed by atoms with Gasteiger partial charge in [0.25, 0.3) is 0 Å².